The number of aliphatic imine (C=N–C) groups is 1. The first-order chi connectivity index (χ1) is 26.9. The Morgan fingerprint density at radius 1 is 0.946 bits per heavy atom. The third-order valence-electron chi connectivity index (χ3n) is 15.8. The van der Waals surface area contributed by atoms with Gasteiger partial charge in [-0.25, -0.2) is 9.78 Å². The lowest BCUT2D eigenvalue weighted by molar-refractivity contribution is -0.171. The molecule has 0 bridgehead atoms. The average molecular weight is 771 g/mol. The van der Waals surface area contributed by atoms with Gasteiger partial charge in [0.05, 0.1) is 17.8 Å². The Hall–Kier alpha value is -4.17. The number of Topliss-reactive ketones (excluding diaryl/α,β-unsaturated/α-hetero) is 1. The van der Waals surface area contributed by atoms with E-state index in [1.54, 1.807) is 35.9 Å². The number of carbonyl (C=O) groups excluding carboxylic acids is 1. The predicted molar refractivity (Wildman–Crippen MR) is 227 cm³/mol. The van der Waals surface area contributed by atoms with Crippen molar-refractivity contribution in [3.05, 3.63) is 108 Å². The van der Waals surface area contributed by atoms with E-state index in [0.717, 1.165) is 41.4 Å². The number of carbonyl (C=O) groups is 2. The van der Waals surface area contributed by atoms with Crippen molar-refractivity contribution in [3.8, 4) is 0 Å². The van der Waals surface area contributed by atoms with Crippen molar-refractivity contribution in [2.75, 3.05) is 11.4 Å². The van der Waals surface area contributed by atoms with Gasteiger partial charge in [0.25, 0.3) is 0 Å². The number of aromatic nitrogens is 2. The first-order valence-corrected chi connectivity index (χ1v) is 21.8. The standard InChI is InChI=1S/C48H58N4O3S/c1-7-12-37(49-8-2)39-30-56-44(51-39)52(29-40(53)38-14-9-10-28-50-38)48-24-11-13-36(48)33-19-20-42-46(5,35(33)22-27-48)26-23-41-45(3,4)34(21-25-47(41,42)6)31-15-17-32(18-16-31)43(54)55/h7-10,12,14-18,21,28,30,33,35-36,41-42H,2,11,13,19-20,22-27,29H2,1,3-6H3,(H,54,55)/b12-7-,49-37?/t33-,35?,36?,41?,42?,46-,47-,48-/m0/s1. The Kier molecular flexibility index (Phi) is 10.1. The summed E-state index contributed by atoms with van der Waals surface area (Å²) in [6, 6.07) is 13.2. The topological polar surface area (TPSA) is 95.8 Å². The number of allylic oxidation sites excluding steroid dienone is 4. The van der Waals surface area contributed by atoms with Crippen LogP contribution in [0, 0.1) is 45.8 Å². The van der Waals surface area contributed by atoms with Gasteiger partial charge >= 0.3 is 5.97 Å². The van der Waals surface area contributed by atoms with E-state index < -0.39 is 5.97 Å². The third-order valence-corrected chi connectivity index (χ3v) is 16.7. The van der Waals surface area contributed by atoms with E-state index in [1.165, 1.54) is 50.5 Å². The van der Waals surface area contributed by atoms with Gasteiger partial charge in [0, 0.05) is 23.3 Å². The normalized spacial score (nSPS) is 33.4. The van der Waals surface area contributed by atoms with Gasteiger partial charge in [-0.15, -0.1) is 11.3 Å². The van der Waals surface area contributed by atoms with Gasteiger partial charge < -0.3 is 10.0 Å². The highest BCUT2D eigenvalue weighted by Gasteiger charge is 2.66. The number of hydrogen-bond donors (Lipinski definition) is 1. The molecule has 56 heavy (non-hydrogen) atoms. The van der Waals surface area contributed by atoms with Gasteiger partial charge in [0.1, 0.15) is 11.4 Å². The maximum absolute atomic E-state index is 14.1. The van der Waals surface area contributed by atoms with E-state index in [-0.39, 0.29) is 34.1 Å². The third kappa shape index (κ3) is 6.16. The fourth-order valence-corrected chi connectivity index (χ4v) is 14.6. The summed E-state index contributed by atoms with van der Waals surface area (Å²) in [5, 5.41) is 12.5. The van der Waals surface area contributed by atoms with Crippen LogP contribution in [0.25, 0.3) is 5.57 Å². The van der Waals surface area contributed by atoms with Crippen molar-refractivity contribution in [3.63, 3.8) is 0 Å². The summed E-state index contributed by atoms with van der Waals surface area (Å²) in [6.07, 6.45) is 21.5. The van der Waals surface area contributed by atoms with Crippen LogP contribution < -0.4 is 4.90 Å². The molecule has 4 saturated carbocycles. The lowest BCUT2D eigenvalue weighted by Gasteiger charge is -2.69. The molecule has 8 heteroatoms. The summed E-state index contributed by atoms with van der Waals surface area (Å²) >= 11 is 1.63. The number of pyridine rings is 1. The number of carboxylic acid groups (broad SMARTS) is 1. The Morgan fingerprint density at radius 3 is 2.46 bits per heavy atom. The fraction of sp³-hybridized carbons (Fsp3) is 0.521. The highest BCUT2D eigenvalue weighted by molar-refractivity contribution is 7.14. The second-order valence-corrected chi connectivity index (χ2v) is 19.3. The highest BCUT2D eigenvalue weighted by atomic mass is 32.1. The number of aromatic carboxylic acids is 1. The monoisotopic (exact) mass is 770 g/mol. The number of hydrogen-bond acceptors (Lipinski definition) is 7. The first kappa shape index (κ1) is 38.7. The van der Waals surface area contributed by atoms with Crippen molar-refractivity contribution in [1.29, 1.82) is 0 Å². The van der Waals surface area contributed by atoms with E-state index in [4.69, 9.17) is 4.98 Å². The predicted octanol–water partition coefficient (Wildman–Crippen LogP) is 11.3. The van der Waals surface area contributed by atoms with Crippen LogP contribution in [0.3, 0.4) is 0 Å². The molecule has 0 aliphatic heterocycles. The number of carboxylic acids is 1. The fourth-order valence-electron chi connectivity index (χ4n) is 13.7. The number of anilines is 1. The van der Waals surface area contributed by atoms with Crippen LogP contribution in [0.15, 0.2) is 90.0 Å². The number of thiazole rings is 1. The molecule has 2 heterocycles. The molecular weight excluding hydrogens is 713 g/mol. The second-order valence-electron chi connectivity index (χ2n) is 18.5. The average Bonchev–Trinajstić information content (AvgIpc) is 3.86. The largest absolute Gasteiger partial charge is 0.478 e. The lowest BCUT2D eigenvalue weighted by atomic mass is 9.37. The van der Waals surface area contributed by atoms with Gasteiger partial charge in [-0.05, 0) is 152 Å². The van der Waals surface area contributed by atoms with Crippen LogP contribution >= 0.6 is 11.3 Å². The number of benzene rings is 1. The molecule has 4 fully saturated rings. The molecule has 0 saturated heterocycles. The zero-order valence-corrected chi connectivity index (χ0v) is 34.7. The Morgan fingerprint density at radius 2 is 1.75 bits per heavy atom. The smallest absolute Gasteiger partial charge is 0.335 e. The van der Waals surface area contributed by atoms with Gasteiger partial charge in [0.15, 0.2) is 10.9 Å². The summed E-state index contributed by atoms with van der Waals surface area (Å²) in [6.45, 7) is 16.3. The Labute approximate surface area is 337 Å². The first-order valence-electron chi connectivity index (χ1n) is 20.9. The van der Waals surface area contributed by atoms with Crippen LogP contribution in [0.5, 0.6) is 0 Å². The maximum atomic E-state index is 14.1. The molecule has 5 aliphatic carbocycles. The Bertz CT molecular complexity index is 2080. The van der Waals surface area contributed by atoms with Crippen LogP contribution in [0.2, 0.25) is 0 Å². The zero-order chi connectivity index (χ0) is 39.5. The molecule has 1 N–H and O–H groups in total. The zero-order valence-electron chi connectivity index (χ0n) is 33.8. The molecule has 4 unspecified atom stereocenters. The lowest BCUT2D eigenvalue weighted by Crippen LogP contribution is -2.64. The SMILES string of the molecule is C=CN=C(/C=C\C)c1csc(N(CC(=O)c2ccccn2)[C@]23CCCC2[C@H]2CCC4[C@@](C)(CCC5C(C)(C)C(c6ccc(C(=O)O)cc6)=CC[C@@]54C)C2CC3)n1. The minimum atomic E-state index is -0.878. The minimum Gasteiger partial charge on any atom is -0.478 e. The van der Waals surface area contributed by atoms with E-state index in [9.17, 15) is 14.7 Å². The molecule has 8 rings (SSSR count). The van der Waals surface area contributed by atoms with Gasteiger partial charge in [0.2, 0.25) is 0 Å². The molecule has 1 aromatic carbocycles. The minimum absolute atomic E-state index is 0.0144. The molecule has 5 aliphatic rings. The van der Waals surface area contributed by atoms with Crippen LogP contribution in [0.4, 0.5) is 5.13 Å². The molecule has 2 aromatic heterocycles. The van der Waals surface area contributed by atoms with Crippen molar-refractivity contribution in [1.82, 2.24) is 9.97 Å². The van der Waals surface area contributed by atoms with Crippen molar-refractivity contribution >= 4 is 39.5 Å². The molecule has 294 valence electrons. The molecular formula is C48H58N4O3S. The molecule has 0 radical (unpaired) electrons. The van der Waals surface area contributed by atoms with E-state index in [2.05, 4.69) is 60.6 Å². The van der Waals surface area contributed by atoms with Gasteiger partial charge in [-0.2, -0.15) is 0 Å². The summed E-state index contributed by atoms with van der Waals surface area (Å²) < 4.78 is 0. The van der Waals surface area contributed by atoms with Crippen molar-refractivity contribution in [2.24, 2.45) is 50.8 Å². The quantitative estimate of drug-likeness (QED) is 0.163. The maximum Gasteiger partial charge on any atom is 0.335 e. The van der Waals surface area contributed by atoms with Gasteiger partial charge in [-0.3, -0.25) is 14.8 Å². The second kappa shape index (κ2) is 14.6. The highest BCUT2D eigenvalue weighted by Crippen LogP contribution is 2.73. The van der Waals surface area contributed by atoms with E-state index in [1.807, 2.05) is 49.4 Å². The van der Waals surface area contributed by atoms with E-state index in [0.29, 0.717) is 40.8 Å². The Balaban J connectivity index is 1.11. The summed E-state index contributed by atoms with van der Waals surface area (Å²) in [5.74, 6) is 2.16. The van der Waals surface area contributed by atoms with Crippen LogP contribution in [-0.2, 0) is 0 Å². The number of ketones is 1. The van der Waals surface area contributed by atoms with Crippen molar-refractivity contribution < 1.29 is 14.7 Å². The summed E-state index contributed by atoms with van der Waals surface area (Å²) in [4.78, 5) is 42.4. The summed E-state index contributed by atoms with van der Waals surface area (Å²) in [7, 11) is 0. The van der Waals surface area contributed by atoms with E-state index >= 15 is 0 Å². The van der Waals surface area contributed by atoms with Crippen LogP contribution in [0.1, 0.15) is 131 Å². The summed E-state index contributed by atoms with van der Waals surface area (Å²) in [5.41, 5.74) is 5.32. The molecule has 7 nitrogen and oxygen atoms in total. The van der Waals surface area contributed by atoms with Gasteiger partial charge in [-0.1, -0.05) is 71.0 Å². The molecule has 0 amide bonds. The number of fused-ring (bicyclic) bond motifs is 7. The number of rotatable bonds is 10. The van der Waals surface area contributed by atoms with Crippen molar-refractivity contribution in [2.45, 2.75) is 104 Å². The molecule has 0 spiro atoms. The number of nitrogens with zero attached hydrogens (tertiary/aromatic N) is 4. The molecule has 8 atom stereocenters. The van der Waals surface area contributed by atoms with Crippen LogP contribution in [-0.4, -0.2) is 44.6 Å². The molecule has 3 aromatic rings.